The molecule has 1 fully saturated rings. The van der Waals surface area contributed by atoms with Crippen LogP contribution >= 0.6 is 0 Å². The van der Waals surface area contributed by atoms with Gasteiger partial charge in [-0.2, -0.15) is 0 Å². The van der Waals surface area contributed by atoms with Crippen LogP contribution in [0.2, 0.25) is 0 Å². The van der Waals surface area contributed by atoms with E-state index in [4.69, 9.17) is 10.8 Å². The smallest absolute Gasteiger partial charge is 0.256 e. The van der Waals surface area contributed by atoms with Crippen LogP contribution in [0, 0.1) is 11.7 Å². The van der Waals surface area contributed by atoms with E-state index in [0.717, 1.165) is 6.07 Å². The second-order valence-corrected chi connectivity index (χ2v) is 4.63. The monoisotopic (exact) mass is 266 g/mol. The van der Waals surface area contributed by atoms with Gasteiger partial charge in [0.2, 0.25) is 5.91 Å². The van der Waals surface area contributed by atoms with Crippen molar-refractivity contribution in [2.24, 2.45) is 11.7 Å². The van der Waals surface area contributed by atoms with Crippen molar-refractivity contribution in [1.82, 2.24) is 4.90 Å². The molecule has 0 spiro atoms. The molecule has 1 aliphatic heterocycles. The van der Waals surface area contributed by atoms with Crippen molar-refractivity contribution >= 4 is 11.8 Å². The Morgan fingerprint density at radius 3 is 2.47 bits per heavy atom. The summed E-state index contributed by atoms with van der Waals surface area (Å²) < 4.78 is 13.6. The maximum atomic E-state index is 13.6. The van der Waals surface area contributed by atoms with E-state index in [2.05, 4.69) is 0 Å². The molecule has 1 aromatic rings. The Bertz CT molecular complexity index is 511. The number of amides is 2. The number of nitrogens with two attached hydrogens (primary N) is 1. The lowest BCUT2D eigenvalue weighted by Gasteiger charge is -2.30. The molecule has 0 aliphatic carbocycles. The van der Waals surface area contributed by atoms with E-state index in [0.29, 0.717) is 25.9 Å². The highest BCUT2D eigenvalue weighted by Crippen LogP contribution is 2.21. The Kier molecular flexibility index (Phi) is 3.69. The number of hydrogen-bond donors (Lipinski definition) is 2. The standard InChI is InChI=1S/C13H15FN2O3/c14-11-7-9(17)1-2-10(11)13(19)16-5-3-8(4-6-16)12(15)18/h1-2,7-8,17H,3-6H2,(H2,15,18). The normalized spacial score (nSPS) is 16.4. The lowest BCUT2D eigenvalue weighted by atomic mass is 9.96. The van der Waals surface area contributed by atoms with Gasteiger partial charge in [0, 0.05) is 25.1 Å². The molecule has 0 bridgehead atoms. The van der Waals surface area contributed by atoms with Gasteiger partial charge in [-0.15, -0.1) is 0 Å². The van der Waals surface area contributed by atoms with E-state index < -0.39 is 11.7 Å². The summed E-state index contributed by atoms with van der Waals surface area (Å²) in [4.78, 5) is 24.6. The molecule has 0 unspecified atom stereocenters. The molecule has 102 valence electrons. The number of nitrogens with zero attached hydrogens (tertiary/aromatic N) is 1. The van der Waals surface area contributed by atoms with Gasteiger partial charge in [-0.3, -0.25) is 9.59 Å². The van der Waals surface area contributed by atoms with Crippen LogP contribution in [0.3, 0.4) is 0 Å². The molecule has 1 aliphatic rings. The fourth-order valence-electron chi connectivity index (χ4n) is 2.21. The third kappa shape index (κ3) is 2.83. The zero-order valence-corrected chi connectivity index (χ0v) is 10.3. The topological polar surface area (TPSA) is 83.6 Å². The number of aromatic hydroxyl groups is 1. The zero-order valence-electron chi connectivity index (χ0n) is 10.3. The SMILES string of the molecule is NC(=O)C1CCN(C(=O)c2ccc(O)cc2F)CC1. The summed E-state index contributed by atoms with van der Waals surface area (Å²) in [7, 11) is 0. The van der Waals surface area contributed by atoms with Gasteiger partial charge in [0.05, 0.1) is 5.56 Å². The van der Waals surface area contributed by atoms with Crippen molar-refractivity contribution in [3.8, 4) is 5.75 Å². The predicted molar refractivity (Wildman–Crippen MR) is 65.9 cm³/mol. The van der Waals surface area contributed by atoms with E-state index in [1.165, 1.54) is 17.0 Å². The van der Waals surface area contributed by atoms with Crippen molar-refractivity contribution < 1.29 is 19.1 Å². The Balaban J connectivity index is 2.07. The van der Waals surface area contributed by atoms with E-state index in [1.807, 2.05) is 0 Å². The first kappa shape index (κ1) is 13.3. The highest BCUT2D eigenvalue weighted by atomic mass is 19.1. The third-order valence-electron chi connectivity index (χ3n) is 3.37. The van der Waals surface area contributed by atoms with E-state index in [1.54, 1.807) is 0 Å². The molecule has 6 heteroatoms. The van der Waals surface area contributed by atoms with Crippen LogP contribution in [0.5, 0.6) is 5.75 Å². The van der Waals surface area contributed by atoms with Crippen LogP contribution in [0.25, 0.3) is 0 Å². The molecule has 1 heterocycles. The number of halogens is 1. The highest BCUT2D eigenvalue weighted by molar-refractivity contribution is 5.94. The lowest BCUT2D eigenvalue weighted by Crippen LogP contribution is -2.42. The quantitative estimate of drug-likeness (QED) is 0.833. The number of likely N-dealkylation sites (tertiary alicyclic amines) is 1. The molecule has 2 rings (SSSR count). The van der Waals surface area contributed by atoms with Gasteiger partial charge in [0.15, 0.2) is 0 Å². The van der Waals surface area contributed by atoms with Gasteiger partial charge < -0.3 is 15.7 Å². The van der Waals surface area contributed by atoms with Gasteiger partial charge in [0.1, 0.15) is 11.6 Å². The minimum Gasteiger partial charge on any atom is -0.508 e. The summed E-state index contributed by atoms with van der Waals surface area (Å²) in [5.41, 5.74) is 5.14. The van der Waals surface area contributed by atoms with E-state index in [-0.39, 0.29) is 23.1 Å². The van der Waals surface area contributed by atoms with Crippen LogP contribution in [0.15, 0.2) is 18.2 Å². The molecule has 2 amide bonds. The molecule has 3 N–H and O–H groups in total. The Hall–Kier alpha value is -2.11. The molecule has 0 aromatic heterocycles. The van der Waals surface area contributed by atoms with E-state index >= 15 is 0 Å². The predicted octanol–water partition coefficient (Wildman–Crippen LogP) is 0.869. The maximum absolute atomic E-state index is 13.6. The summed E-state index contributed by atoms with van der Waals surface area (Å²) in [6.45, 7) is 0.763. The number of phenols is 1. The molecule has 5 nitrogen and oxygen atoms in total. The molecule has 1 saturated heterocycles. The number of rotatable bonds is 2. The van der Waals surface area contributed by atoms with E-state index in [9.17, 15) is 14.0 Å². The van der Waals surface area contributed by atoms with Crippen molar-refractivity contribution in [3.05, 3.63) is 29.6 Å². The minimum absolute atomic E-state index is 0.0738. The van der Waals surface area contributed by atoms with Crippen LogP contribution in [-0.2, 0) is 4.79 Å². The second-order valence-electron chi connectivity index (χ2n) is 4.63. The highest BCUT2D eigenvalue weighted by Gasteiger charge is 2.27. The van der Waals surface area contributed by atoms with Gasteiger partial charge in [-0.1, -0.05) is 0 Å². The molecule has 0 atom stereocenters. The Morgan fingerprint density at radius 2 is 1.95 bits per heavy atom. The minimum atomic E-state index is -0.748. The van der Waals surface area contributed by atoms with Gasteiger partial charge in [0.25, 0.3) is 5.91 Å². The summed E-state index contributed by atoms with van der Waals surface area (Å²) in [6.07, 6.45) is 1.00. The van der Waals surface area contributed by atoms with Crippen molar-refractivity contribution in [2.75, 3.05) is 13.1 Å². The average Bonchev–Trinajstić information content (AvgIpc) is 2.38. The summed E-state index contributed by atoms with van der Waals surface area (Å²) >= 11 is 0. The second kappa shape index (κ2) is 5.26. The third-order valence-corrected chi connectivity index (χ3v) is 3.37. The number of hydrogen-bond acceptors (Lipinski definition) is 3. The average molecular weight is 266 g/mol. The zero-order chi connectivity index (χ0) is 14.0. The summed E-state index contributed by atoms with van der Waals surface area (Å²) in [5, 5.41) is 9.11. The van der Waals surface area contributed by atoms with Crippen LogP contribution < -0.4 is 5.73 Å². The molecule has 0 saturated carbocycles. The van der Waals surface area contributed by atoms with Gasteiger partial charge in [-0.25, -0.2) is 4.39 Å². The van der Waals surface area contributed by atoms with Crippen molar-refractivity contribution in [2.45, 2.75) is 12.8 Å². The van der Waals surface area contributed by atoms with Gasteiger partial charge in [-0.05, 0) is 25.0 Å². The fraction of sp³-hybridized carbons (Fsp3) is 0.385. The first-order valence-corrected chi connectivity index (χ1v) is 6.06. The molecule has 0 radical (unpaired) electrons. The first-order valence-electron chi connectivity index (χ1n) is 6.06. The first-order chi connectivity index (χ1) is 8.99. The number of carbonyl (C=O) groups excluding carboxylic acids is 2. The van der Waals surface area contributed by atoms with Crippen molar-refractivity contribution in [3.63, 3.8) is 0 Å². The summed E-state index contributed by atoms with van der Waals surface area (Å²) in [5.74, 6) is -1.97. The van der Waals surface area contributed by atoms with Crippen LogP contribution in [-0.4, -0.2) is 34.9 Å². The molecular formula is C13H15FN2O3. The summed E-state index contributed by atoms with van der Waals surface area (Å²) in [6, 6.07) is 3.43. The fourth-order valence-corrected chi connectivity index (χ4v) is 2.21. The molecule has 1 aromatic carbocycles. The number of benzene rings is 1. The maximum Gasteiger partial charge on any atom is 0.256 e. The number of phenolic OH excluding ortho intramolecular Hbond substituents is 1. The molecule has 19 heavy (non-hydrogen) atoms. The largest absolute Gasteiger partial charge is 0.508 e. The lowest BCUT2D eigenvalue weighted by molar-refractivity contribution is -0.123. The number of piperidine rings is 1. The Morgan fingerprint density at radius 1 is 1.32 bits per heavy atom. The number of primary amides is 1. The van der Waals surface area contributed by atoms with Crippen molar-refractivity contribution in [1.29, 1.82) is 0 Å². The van der Waals surface area contributed by atoms with Crippen LogP contribution in [0.4, 0.5) is 4.39 Å². The van der Waals surface area contributed by atoms with Gasteiger partial charge >= 0.3 is 0 Å². The number of carbonyl (C=O) groups is 2. The van der Waals surface area contributed by atoms with Crippen LogP contribution in [0.1, 0.15) is 23.2 Å². The Labute approximate surface area is 109 Å². The molecular weight excluding hydrogens is 251 g/mol.